The van der Waals surface area contributed by atoms with Crippen LogP contribution >= 0.6 is 0 Å². The molecule has 12 nitrogen and oxygen atoms in total. The zero-order valence-corrected chi connectivity index (χ0v) is 17.8. The number of amides is 4. The second kappa shape index (κ2) is 13.5. The van der Waals surface area contributed by atoms with Gasteiger partial charge in [0.15, 0.2) is 0 Å². The normalized spacial score (nSPS) is 18.5. The molecule has 0 aromatic heterocycles. The SMILES string of the molecule is CC(NC(=O)C1CCCN1)C(=O)NC(CCCCN)C(=O)NC(CCC(N)=O)C(=O)O. The molecule has 1 heterocycles. The molecular formula is C19H34N6O6. The lowest BCUT2D eigenvalue weighted by molar-refractivity contribution is -0.142. The van der Waals surface area contributed by atoms with Crippen LogP contribution in [-0.2, 0) is 24.0 Å². The van der Waals surface area contributed by atoms with Crippen molar-refractivity contribution in [3.8, 4) is 0 Å². The van der Waals surface area contributed by atoms with Crippen LogP contribution in [-0.4, -0.2) is 72.0 Å². The third-order valence-electron chi connectivity index (χ3n) is 5.00. The Labute approximate surface area is 181 Å². The number of carboxylic acids is 1. The van der Waals surface area contributed by atoms with Crippen molar-refractivity contribution in [1.82, 2.24) is 21.3 Å². The van der Waals surface area contributed by atoms with E-state index in [9.17, 15) is 29.1 Å². The maximum Gasteiger partial charge on any atom is 0.326 e. The second-order valence-corrected chi connectivity index (χ2v) is 7.63. The lowest BCUT2D eigenvalue weighted by Crippen LogP contribution is -2.56. The molecule has 1 aliphatic rings. The van der Waals surface area contributed by atoms with Crippen LogP contribution in [0.25, 0.3) is 0 Å². The highest BCUT2D eigenvalue weighted by molar-refractivity contribution is 5.94. The zero-order chi connectivity index (χ0) is 23.4. The Hall–Kier alpha value is -2.73. The van der Waals surface area contributed by atoms with Gasteiger partial charge < -0.3 is 37.8 Å². The van der Waals surface area contributed by atoms with Crippen LogP contribution in [0, 0.1) is 0 Å². The third kappa shape index (κ3) is 9.75. The molecule has 1 saturated heterocycles. The fourth-order valence-corrected chi connectivity index (χ4v) is 3.16. The summed E-state index contributed by atoms with van der Waals surface area (Å²) in [6.45, 7) is 2.64. The molecule has 176 valence electrons. The Kier molecular flexibility index (Phi) is 11.5. The summed E-state index contributed by atoms with van der Waals surface area (Å²) in [5, 5.41) is 19.8. The molecule has 0 saturated carbocycles. The van der Waals surface area contributed by atoms with Crippen LogP contribution in [0.4, 0.5) is 0 Å². The predicted octanol–water partition coefficient (Wildman–Crippen LogP) is -2.31. The Morgan fingerprint density at radius 2 is 1.71 bits per heavy atom. The van der Waals surface area contributed by atoms with Crippen molar-refractivity contribution in [2.24, 2.45) is 11.5 Å². The number of rotatable bonds is 14. The summed E-state index contributed by atoms with van der Waals surface area (Å²) in [5.74, 6) is -3.55. The van der Waals surface area contributed by atoms with E-state index in [0.717, 1.165) is 13.0 Å². The van der Waals surface area contributed by atoms with E-state index in [-0.39, 0.29) is 31.2 Å². The maximum atomic E-state index is 12.7. The van der Waals surface area contributed by atoms with Crippen molar-refractivity contribution in [2.45, 2.75) is 76.0 Å². The molecule has 1 aliphatic heterocycles. The van der Waals surface area contributed by atoms with Gasteiger partial charge >= 0.3 is 5.97 Å². The van der Waals surface area contributed by atoms with Gasteiger partial charge in [-0.05, 0) is 58.5 Å². The molecular weight excluding hydrogens is 408 g/mol. The van der Waals surface area contributed by atoms with E-state index < -0.39 is 41.8 Å². The van der Waals surface area contributed by atoms with Gasteiger partial charge in [-0.3, -0.25) is 19.2 Å². The largest absolute Gasteiger partial charge is 0.480 e. The number of hydrogen-bond acceptors (Lipinski definition) is 7. The molecule has 0 aliphatic carbocycles. The topological polar surface area (TPSA) is 206 Å². The summed E-state index contributed by atoms with van der Waals surface area (Å²) in [6, 6.07) is -3.57. The van der Waals surface area contributed by atoms with Gasteiger partial charge in [0.05, 0.1) is 6.04 Å². The van der Waals surface area contributed by atoms with Crippen molar-refractivity contribution in [3.63, 3.8) is 0 Å². The molecule has 0 aromatic carbocycles. The quantitative estimate of drug-likeness (QED) is 0.145. The highest BCUT2D eigenvalue weighted by Crippen LogP contribution is 2.06. The molecule has 1 fully saturated rings. The number of aliphatic carboxylic acids is 1. The summed E-state index contributed by atoms with van der Waals surface area (Å²) >= 11 is 0. The summed E-state index contributed by atoms with van der Waals surface area (Å²) in [6.07, 6.45) is 2.57. The number of hydrogen-bond donors (Lipinski definition) is 7. The van der Waals surface area contributed by atoms with E-state index in [0.29, 0.717) is 25.8 Å². The lowest BCUT2D eigenvalue weighted by atomic mass is 10.1. The van der Waals surface area contributed by atoms with Crippen LogP contribution < -0.4 is 32.7 Å². The molecule has 0 bridgehead atoms. The summed E-state index contributed by atoms with van der Waals surface area (Å²) in [5.41, 5.74) is 10.5. The van der Waals surface area contributed by atoms with Crippen molar-refractivity contribution < 1.29 is 29.1 Å². The Bertz CT molecular complexity index is 652. The smallest absolute Gasteiger partial charge is 0.326 e. The molecule has 4 unspecified atom stereocenters. The minimum Gasteiger partial charge on any atom is -0.480 e. The first kappa shape index (κ1) is 26.3. The van der Waals surface area contributed by atoms with Gasteiger partial charge in [0.25, 0.3) is 0 Å². The highest BCUT2D eigenvalue weighted by atomic mass is 16.4. The number of carbonyl (C=O) groups excluding carboxylic acids is 4. The first-order valence-corrected chi connectivity index (χ1v) is 10.5. The minimum absolute atomic E-state index is 0.166. The molecule has 0 spiro atoms. The highest BCUT2D eigenvalue weighted by Gasteiger charge is 2.29. The number of nitrogens with two attached hydrogens (primary N) is 2. The second-order valence-electron chi connectivity index (χ2n) is 7.63. The number of carbonyl (C=O) groups is 5. The van der Waals surface area contributed by atoms with Gasteiger partial charge in [-0.25, -0.2) is 4.79 Å². The van der Waals surface area contributed by atoms with Gasteiger partial charge in [0, 0.05) is 6.42 Å². The lowest BCUT2D eigenvalue weighted by Gasteiger charge is -2.23. The monoisotopic (exact) mass is 442 g/mol. The average molecular weight is 443 g/mol. The fraction of sp³-hybridized carbons (Fsp3) is 0.737. The molecule has 9 N–H and O–H groups in total. The summed E-state index contributed by atoms with van der Waals surface area (Å²) in [4.78, 5) is 59.7. The number of unbranched alkanes of at least 4 members (excludes halogenated alkanes) is 1. The van der Waals surface area contributed by atoms with E-state index in [1.54, 1.807) is 0 Å². The summed E-state index contributed by atoms with van der Waals surface area (Å²) in [7, 11) is 0. The Morgan fingerprint density at radius 3 is 2.26 bits per heavy atom. The van der Waals surface area contributed by atoms with E-state index in [1.165, 1.54) is 6.92 Å². The standard InChI is InChI=1S/C19H34N6O6/c1-11(23-17(28)12-6-4-10-22-12)16(27)24-13(5-2-3-9-20)18(29)25-14(19(30)31)7-8-15(21)26/h11-14,22H,2-10,20H2,1H3,(H2,21,26)(H,23,28)(H,24,27)(H,25,29)(H,30,31). The van der Waals surface area contributed by atoms with Crippen molar-refractivity contribution in [3.05, 3.63) is 0 Å². The van der Waals surface area contributed by atoms with E-state index in [1.807, 2.05) is 0 Å². The van der Waals surface area contributed by atoms with Crippen LogP contribution in [0.1, 0.15) is 51.9 Å². The predicted molar refractivity (Wildman–Crippen MR) is 111 cm³/mol. The zero-order valence-electron chi connectivity index (χ0n) is 17.8. The molecule has 1 rings (SSSR count). The van der Waals surface area contributed by atoms with Gasteiger partial charge in [-0.15, -0.1) is 0 Å². The van der Waals surface area contributed by atoms with Crippen molar-refractivity contribution >= 4 is 29.6 Å². The van der Waals surface area contributed by atoms with Gasteiger partial charge in [0.1, 0.15) is 18.1 Å². The van der Waals surface area contributed by atoms with Gasteiger partial charge in [0.2, 0.25) is 23.6 Å². The van der Waals surface area contributed by atoms with E-state index in [2.05, 4.69) is 21.3 Å². The summed E-state index contributed by atoms with van der Waals surface area (Å²) < 4.78 is 0. The Balaban J connectivity index is 2.72. The number of carboxylic acid groups (broad SMARTS) is 1. The fourth-order valence-electron chi connectivity index (χ4n) is 3.16. The van der Waals surface area contributed by atoms with Gasteiger partial charge in [-0.1, -0.05) is 0 Å². The maximum absolute atomic E-state index is 12.7. The molecule has 0 aromatic rings. The molecule has 4 amide bonds. The molecule has 31 heavy (non-hydrogen) atoms. The van der Waals surface area contributed by atoms with Crippen LogP contribution in [0.2, 0.25) is 0 Å². The minimum atomic E-state index is -1.32. The van der Waals surface area contributed by atoms with Crippen LogP contribution in [0.5, 0.6) is 0 Å². The number of nitrogens with one attached hydrogen (secondary N) is 4. The van der Waals surface area contributed by atoms with Crippen molar-refractivity contribution in [1.29, 1.82) is 0 Å². The van der Waals surface area contributed by atoms with E-state index in [4.69, 9.17) is 11.5 Å². The van der Waals surface area contributed by atoms with Crippen LogP contribution in [0.3, 0.4) is 0 Å². The molecule has 0 radical (unpaired) electrons. The number of primary amides is 1. The Morgan fingerprint density at radius 1 is 1.03 bits per heavy atom. The van der Waals surface area contributed by atoms with Gasteiger partial charge in [-0.2, -0.15) is 0 Å². The van der Waals surface area contributed by atoms with E-state index >= 15 is 0 Å². The molecule has 12 heteroatoms. The first-order chi connectivity index (χ1) is 14.6. The molecule has 4 atom stereocenters. The first-order valence-electron chi connectivity index (χ1n) is 10.5. The third-order valence-corrected chi connectivity index (χ3v) is 5.00. The average Bonchev–Trinajstić information content (AvgIpc) is 3.24. The van der Waals surface area contributed by atoms with Crippen molar-refractivity contribution in [2.75, 3.05) is 13.1 Å². The van der Waals surface area contributed by atoms with Crippen LogP contribution in [0.15, 0.2) is 0 Å².